The summed E-state index contributed by atoms with van der Waals surface area (Å²) in [4.78, 5) is 12.6. The lowest BCUT2D eigenvalue weighted by Gasteiger charge is -2.28. The third-order valence-electron chi connectivity index (χ3n) is 4.45. The number of phenols is 4. The van der Waals surface area contributed by atoms with Crippen LogP contribution in [0.3, 0.4) is 0 Å². The molecule has 0 fully saturated rings. The van der Waals surface area contributed by atoms with Crippen LogP contribution in [-0.4, -0.2) is 37.9 Å². The first-order valence-corrected chi connectivity index (χ1v) is 8.37. The summed E-state index contributed by atoms with van der Waals surface area (Å²) in [6.07, 6.45) is 0.973. The number of hydrogen-bond donors (Lipinski definition) is 5. The minimum Gasteiger partial charge on any atom is -0.508 e. The maximum atomic E-state index is 12.6. The van der Waals surface area contributed by atoms with Crippen LogP contribution < -0.4 is 4.74 Å². The van der Waals surface area contributed by atoms with Gasteiger partial charge in [-0.3, -0.25) is 4.79 Å². The molecule has 1 aliphatic heterocycles. The quantitative estimate of drug-likeness (QED) is 0.522. The van der Waals surface area contributed by atoms with Gasteiger partial charge in [0.25, 0.3) is 0 Å². The van der Waals surface area contributed by atoms with Gasteiger partial charge in [0, 0.05) is 23.3 Å². The molecule has 0 radical (unpaired) electrons. The van der Waals surface area contributed by atoms with Crippen molar-refractivity contribution in [2.75, 3.05) is 6.61 Å². The van der Waals surface area contributed by atoms with Crippen molar-refractivity contribution < 1.29 is 35.1 Å². The summed E-state index contributed by atoms with van der Waals surface area (Å²) in [5, 5.41) is 48.9. The topological polar surface area (TPSA) is 127 Å². The first-order valence-electron chi connectivity index (χ1n) is 8.37. The average molecular weight is 372 g/mol. The molecule has 3 rings (SSSR count). The smallest absolute Gasteiger partial charge is 0.174 e. The molecule has 7 heteroatoms. The molecule has 27 heavy (non-hydrogen) atoms. The van der Waals surface area contributed by atoms with Crippen LogP contribution in [-0.2, 0) is 6.42 Å². The van der Waals surface area contributed by atoms with Crippen LogP contribution in [0, 0.1) is 0 Å². The number of fused-ring (bicyclic) bond motifs is 1. The molecule has 1 atom stereocenters. The molecule has 0 amide bonds. The maximum absolute atomic E-state index is 12.6. The van der Waals surface area contributed by atoms with Crippen LogP contribution in [0.1, 0.15) is 40.9 Å². The zero-order valence-corrected chi connectivity index (χ0v) is 14.6. The molecule has 0 spiro atoms. The Morgan fingerprint density at radius 3 is 2.41 bits per heavy atom. The highest BCUT2D eigenvalue weighted by Crippen LogP contribution is 2.46. The zero-order chi connectivity index (χ0) is 19.7. The fraction of sp³-hybridized carbons (Fsp3) is 0.250. The van der Waals surface area contributed by atoms with Gasteiger partial charge in [-0.05, 0) is 25.5 Å². The Balaban J connectivity index is 2.08. The Morgan fingerprint density at radius 1 is 1.11 bits per heavy atom. The lowest BCUT2D eigenvalue weighted by molar-refractivity contribution is 0.0841. The molecule has 7 nitrogen and oxygen atoms in total. The first-order chi connectivity index (χ1) is 12.8. The number of carbonyl (C=O) groups excluding carboxylic acids is 1. The van der Waals surface area contributed by atoms with E-state index in [1.54, 1.807) is 13.0 Å². The monoisotopic (exact) mass is 372 g/mol. The fourth-order valence-corrected chi connectivity index (χ4v) is 3.05. The van der Waals surface area contributed by atoms with Crippen LogP contribution in [0.15, 0.2) is 35.9 Å². The van der Waals surface area contributed by atoms with Gasteiger partial charge in [0.05, 0.1) is 13.0 Å². The predicted octanol–water partition coefficient (Wildman–Crippen LogP) is 2.70. The van der Waals surface area contributed by atoms with E-state index in [0.717, 1.165) is 12.1 Å². The van der Waals surface area contributed by atoms with Gasteiger partial charge >= 0.3 is 0 Å². The molecular weight excluding hydrogens is 352 g/mol. The molecule has 0 saturated heterocycles. The molecule has 1 heterocycles. The fourth-order valence-electron chi connectivity index (χ4n) is 3.05. The number of benzene rings is 2. The highest BCUT2D eigenvalue weighted by atomic mass is 16.5. The molecule has 142 valence electrons. The number of rotatable bonds is 4. The molecule has 5 N–H and O–H groups in total. The Hall–Kier alpha value is -3.19. The number of aliphatic hydroxyl groups excluding tert-OH is 1. The molecular formula is C20H20O7. The normalized spacial score (nSPS) is 16.7. The lowest BCUT2D eigenvalue weighted by atomic mass is 9.92. The minimum atomic E-state index is -0.800. The minimum absolute atomic E-state index is 0.0153. The number of aliphatic hydroxyl groups is 1. The molecule has 0 bridgehead atoms. The zero-order valence-electron chi connectivity index (χ0n) is 14.6. The third kappa shape index (κ3) is 3.68. The molecule has 0 unspecified atom stereocenters. The Kier molecular flexibility index (Phi) is 4.96. The molecule has 0 saturated carbocycles. The number of allylic oxidation sites excluding steroid dienone is 1. The van der Waals surface area contributed by atoms with Crippen molar-refractivity contribution in [3.8, 4) is 28.7 Å². The van der Waals surface area contributed by atoms with Crippen molar-refractivity contribution in [1.82, 2.24) is 0 Å². The summed E-state index contributed by atoms with van der Waals surface area (Å²) >= 11 is 0. The van der Waals surface area contributed by atoms with Crippen LogP contribution in [0.25, 0.3) is 0 Å². The van der Waals surface area contributed by atoms with E-state index in [4.69, 9.17) is 9.84 Å². The lowest BCUT2D eigenvalue weighted by Crippen LogP contribution is -2.21. The summed E-state index contributed by atoms with van der Waals surface area (Å²) in [5.41, 5.74) is 1.35. The third-order valence-corrected chi connectivity index (χ3v) is 4.45. The second kappa shape index (κ2) is 7.20. The number of hydrogen-bond acceptors (Lipinski definition) is 7. The van der Waals surface area contributed by atoms with E-state index in [1.807, 2.05) is 0 Å². The van der Waals surface area contributed by atoms with E-state index in [-0.39, 0.29) is 59.5 Å². The standard InChI is InChI=1S/C20H20O7/c1-10(9-21)2-3-14-15(24)7-16(25)19-17(26)8-18(27-20(14)19)11-4-12(22)6-13(23)5-11/h2,4-7,18,21-25H,3,8-9H2,1H3/b10-2+/t18-/m0/s1. The van der Waals surface area contributed by atoms with Gasteiger partial charge in [0.1, 0.15) is 40.4 Å². The van der Waals surface area contributed by atoms with E-state index < -0.39 is 6.10 Å². The largest absolute Gasteiger partial charge is 0.508 e. The van der Waals surface area contributed by atoms with Gasteiger partial charge in [0.15, 0.2) is 5.78 Å². The van der Waals surface area contributed by atoms with Crippen LogP contribution in [0.2, 0.25) is 0 Å². The highest BCUT2D eigenvalue weighted by Gasteiger charge is 2.33. The van der Waals surface area contributed by atoms with E-state index in [2.05, 4.69) is 0 Å². The number of Topliss-reactive ketones (excluding diaryl/α,β-unsaturated/α-hetero) is 1. The maximum Gasteiger partial charge on any atom is 0.174 e. The van der Waals surface area contributed by atoms with E-state index in [1.165, 1.54) is 12.1 Å². The molecule has 0 aliphatic carbocycles. The second-order valence-corrected chi connectivity index (χ2v) is 6.53. The number of phenolic OH excluding ortho intramolecular Hbond substituents is 4. The van der Waals surface area contributed by atoms with Gasteiger partial charge in [-0.15, -0.1) is 0 Å². The van der Waals surface area contributed by atoms with Crippen molar-refractivity contribution in [3.63, 3.8) is 0 Å². The van der Waals surface area contributed by atoms with Gasteiger partial charge in [-0.2, -0.15) is 0 Å². The predicted molar refractivity (Wildman–Crippen MR) is 96.4 cm³/mol. The van der Waals surface area contributed by atoms with Crippen molar-refractivity contribution in [3.05, 3.63) is 52.6 Å². The van der Waals surface area contributed by atoms with Gasteiger partial charge in [0.2, 0.25) is 0 Å². The molecule has 0 aromatic heterocycles. The number of ketones is 1. The van der Waals surface area contributed by atoms with Gasteiger partial charge < -0.3 is 30.3 Å². The average Bonchev–Trinajstić information content (AvgIpc) is 2.59. The summed E-state index contributed by atoms with van der Waals surface area (Å²) in [7, 11) is 0. The van der Waals surface area contributed by atoms with E-state index in [0.29, 0.717) is 16.7 Å². The molecule has 1 aliphatic rings. The molecule has 2 aromatic carbocycles. The summed E-state index contributed by atoms with van der Waals surface area (Å²) < 4.78 is 5.90. The van der Waals surface area contributed by atoms with Crippen LogP contribution in [0.5, 0.6) is 28.7 Å². The van der Waals surface area contributed by atoms with Crippen LogP contribution >= 0.6 is 0 Å². The Morgan fingerprint density at radius 2 is 1.78 bits per heavy atom. The van der Waals surface area contributed by atoms with Crippen molar-refractivity contribution >= 4 is 5.78 Å². The first kappa shape index (κ1) is 18.6. The number of ether oxygens (including phenoxy) is 1. The van der Waals surface area contributed by atoms with Crippen molar-refractivity contribution in [2.24, 2.45) is 0 Å². The van der Waals surface area contributed by atoms with E-state index in [9.17, 15) is 25.2 Å². The Bertz CT molecular complexity index is 910. The highest BCUT2D eigenvalue weighted by molar-refractivity contribution is 6.03. The van der Waals surface area contributed by atoms with E-state index >= 15 is 0 Å². The van der Waals surface area contributed by atoms with Gasteiger partial charge in [-0.25, -0.2) is 0 Å². The summed E-state index contributed by atoms with van der Waals surface area (Å²) in [5.74, 6) is -1.29. The second-order valence-electron chi connectivity index (χ2n) is 6.53. The van der Waals surface area contributed by atoms with Crippen molar-refractivity contribution in [1.29, 1.82) is 0 Å². The van der Waals surface area contributed by atoms with Gasteiger partial charge in [-0.1, -0.05) is 11.6 Å². The SMILES string of the molecule is C/C(=C\Cc1c(O)cc(O)c2c1O[C@H](c1cc(O)cc(O)c1)CC2=O)CO. The summed E-state index contributed by atoms with van der Waals surface area (Å²) in [6.45, 7) is 1.57. The summed E-state index contributed by atoms with van der Waals surface area (Å²) in [6, 6.07) is 5.01. The number of aromatic hydroxyl groups is 4. The van der Waals surface area contributed by atoms with Crippen molar-refractivity contribution in [2.45, 2.75) is 25.9 Å². The van der Waals surface area contributed by atoms with Crippen LogP contribution in [0.4, 0.5) is 0 Å². The molecule has 2 aromatic rings. The number of carbonyl (C=O) groups is 1. The Labute approximate surface area is 155 Å².